The SMILES string of the molecule is COc1ccc2c(C)cc(N3C[C@H]4CC[C@@H](C3)N(C)C4=O)nc2c1. The number of piperidine rings is 1. The van der Waals surface area contributed by atoms with E-state index in [1.54, 1.807) is 7.11 Å². The van der Waals surface area contributed by atoms with Crippen molar-refractivity contribution in [2.45, 2.75) is 25.8 Å². The van der Waals surface area contributed by atoms with E-state index >= 15 is 0 Å². The van der Waals surface area contributed by atoms with E-state index < -0.39 is 0 Å². The fraction of sp³-hybridized carbons (Fsp3) is 0.474. The van der Waals surface area contributed by atoms with Crippen molar-refractivity contribution in [3.63, 3.8) is 0 Å². The number of nitrogens with zero attached hydrogens (tertiary/aromatic N) is 3. The van der Waals surface area contributed by atoms with E-state index in [0.29, 0.717) is 6.04 Å². The lowest BCUT2D eigenvalue weighted by atomic mass is 9.95. The second kappa shape index (κ2) is 5.65. The number of benzene rings is 1. The summed E-state index contributed by atoms with van der Waals surface area (Å²) in [7, 11) is 3.61. The summed E-state index contributed by atoms with van der Waals surface area (Å²) in [6.45, 7) is 3.74. The second-order valence-electron chi connectivity index (χ2n) is 6.96. The number of methoxy groups -OCH3 is 1. The van der Waals surface area contributed by atoms with Crippen LogP contribution in [0.2, 0.25) is 0 Å². The smallest absolute Gasteiger partial charge is 0.227 e. The summed E-state index contributed by atoms with van der Waals surface area (Å²) in [5.41, 5.74) is 2.15. The third-order valence-electron chi connectivity index (χ3n) is 5.50. The molecule has 126 valence electrons. The summed E-state index contributed by atoms with van der Waals surface area (Å²) in [5, 5.41) is 1.14. The van der Waals surface area contributed by atoms with E-state index in [9.17, 15) is 4.79 Å². The number of likely N-dealkylation sites (N-methyl/N-ethyl adjacent to an activating group) is 1. The summed E-state index contributed by atoms with van der Waals surface area (Å²) in [4.78, 5) is 21.5. The van der Waals surface area contributed by atoms with E-state index in [1.807, 2.05) is 24.1 Å². The van der Waals surface area contributed by atoms with Crippen LogP contribution in [-0.2, 0) is 4.79 Å². The Morgan fingerprint density at radius 2 is 2.04 bits per heavy atom. The second-order valence-corrected chi connectivity index (χ2v) is 6.96. The van der Waals surface area contributed by atoms with Gasteiger partial charge in [-0.2, -0.15) is 0 Å². The molecule has 0 radical (unpaired) electrons. The Balaban J connectivity index is 1.75. The highest BCUT2D eigenvalue weighted by Crippen LogP contribution is 2.32. The van der Waals surface area contributed by atoms with Crippen LogP contribution in [-0.4, -0.2) is 49.1 Å². The Hall–Kier alpha value is -2.30. The first-order chi connectivity index (χ1) is 11.6. The molecule has 0 spiro atoms. The molecule has 2 atom stereocenters. The van der Waals surface area contributed by atoms with Gasteiger partial charge in [-0.3, -0.25) is 4.79 Å². The number of hydrogen-bond donors (Lipinski definition) is 0. The zero-order chi connectivity index (χ0) is 16.8. The van der Waals surface area contributed by atoms with Crippen molar-refractivity contribution in [2.75, 3.05) is 32.1 Å². The lowest BCUT2D eigenvalue weighted by molar-refractivity contribution is -0.138. The molecule has 4 heterocycles. The normalized spacial score (nSPS) is 23.7. The van der Waals surface area contributed by atoms with Gasteiger partial charge in [0.1, 0.15) is 11.6 Å². The van der Waals surface area contributed by atoms with Crippen molar-refractivity contribution in [1.29, 1.82) is 0 Å². The van der Waals surface area contributed by atoms with Crippen molar-refractivity contribution in [3.8, 4) is 5.75 Å². The van der Waals surface area contributed by atoms with Gasteiger partial charge in [-0.15, -0.1) is 0 Å². The van der Waals surface area contributed by atoms with Gasteiger partial charge in [0, 0.05) is 37.6 Å². The number of amides is 1. The van der Waals surface area contributed by atoms with Gasteiger partial charge < -0.3 is 14.5 Å². The molecule has 2 aromatic rings. The molecular formula is C19H23N3O2. The molecule has 0 aliphatic carbocycles. The predicted molar refractivity (Wildman–Crippen MR) is 94.5 cm³/mol. The molecular weight excluding hydrogens is 302 g/mol. The third-order valence-corrected chi connectivity index (χ3v) is 5.50. The summed E-state index contributed by atoms with van der Waals surface area (Å²) >= 11 is 0. The van der Waals surface area contributed by atoms with Crippen LogP contribution in [0.1, 0.15) is 18.4 Å². The molecule has 1 aromatic heterocycles. The Bertz CT molecular complexity index is 805. The maximum absolute atomic E-state index is 12.4. The van der Waals surface area contributed by atoms with Gasteiger partial charge in [-0.25, -0.2) is 4.98 Å². The first-order valence-electron chi connectivity index (χ1n) is 8.54. The van der Waals surface area contributed by atoms with Crippen molar-refractivity contribution in [3.05, 3.63) is 29.8 Å². The van der Waals surface area contributed by atoms with E-state index in [0.717, 1.165) is 48.4 Å². The van der Waals surface area contributed by atoms with Crippen LogP contribution in [0.25, 0.3) is 10.9 Å². The Kier molecular flexibility index (Phi) is 3.59. The molecule has 1 amide bonds. The zero-order valence-electron chi connectivity index (χ0n) is 14.5. The van der Waals surface area contributed by atoms with Crippen molar-refractivity contribution >= 4 is 22.6 Å². The van der Waals surface area contributed by atoms with Gasteiger partial charge in [-0.05, 0) is 43.5 Å². The predicted octanol–water partition coefficient (Wildman–Crippen LogP) is 2.61. The third kappa shape index (κ3) is 2.39. The number of hydrogen-bond acceptors (Lipinski definition) is 4. The fourth-order valence-electron chi connectivity index (χ4n) is 4.00. The fourth-order valence-corrected chi connectivity index (χ4v) is 4.00. The van der Waals surface area contributed by atoms with Gasteiger partial charge >= 0.3 is 0 Å². The van der Waals surface area contributed by atoms with Gasteiger partial charge in [0.2, 0.25) is 5.91 Å². The number of pyridine rings is 1. The van der Waals surface area contributed by atoms with Crippen molar-refractivity contribution < 1.29 is 9.53 Å². The summed E-state index contributed by atoms with van der Waals surface area (Å²) in [5.74, 6) is 2.16. The molecule has 0 saturated carbocycles. The van der Waals surface area contributed by atoms with E-state index in [-0.39, 0.29) is 11.8 Å². The number of carbonyl (C=O) groups is 1. The molecule has 5 nitrogen and oxygen atoms in total. The van der Waals surface area contributed by atoms with Gasteiger partial charge in [-0.1, -0.05) is 0 Å². The van der Waals surface area contributed by atoms with Gasteiger partial charge in [0.15, 0.2) is 0 Å². The van der Waals surface area contributed by atoms with Crippen LogP contribution in [0.5, 0.6) is 5.75 Å². The molecule has 0 unspecified atom stereocenters. The van der Waals surface area contributed by atoms with E-state index in [1.165, 1.54) is 5.56 Å². The maximum Gasteiger partial charge on any atom is 0.227 e. The van der Waals surface area contributed by atoms with Crippen molar-refractivity contribution in [1.82, 2.24) is 9.88 Å². The highest BCUT2D eigenvalue weighted by atomic mass is 16.5. The molecule has 3 fully saturated rings. The first kappa shape index (κ1) is 15.2. The Morgan fingerprint density at radius 3 is 2.83 bits per heavy atom. The number of aryl methyl sites for hydroxylation is 1. The number of rotatable bonds is 2. The minimum atomic E-state index is 0.0943. The molecule has 5 rings (SSSR count). The average molecular weight is 325 g/mol. The number of ether oxygens (including phenoxy) is 1. The van der Waals surface area contributed by atoms with Crippen LogP contribution in [0, 0.1) is 12.8 Å². The van der Waals surface area contributed by atoms with Crippen LogP contribution in [0.15, 0.2) is 24.3 Å². The monoisotopic (exact) mass is 325 g/mol. The minimum absolute atomic E-state index is 0.0943. The average Bonchev–Trinajstić information content (AvgIpc) is 2.88. The molecule has 3 aliphatic heterocycles. The number of carbonyl (C=O) groups excluding carboxylic acids is 1. The van der Waals surface area contributed by atoms with Gasteiger partial charge in [0.25, 0.3) is 0 Å². The van der Waals surface area contributed by atoms with Crippen LogP contribution in [0.3, 0.4) is 0 Å². The molecule has 1 aromatic carbocycles. The van der Waals surface area contributed by atoms with E-state index in [2.05, 4.69) is 24.0 Å². The quantitative estimate of drug-likeness (QED) is 0.851. The highest BCUT2D eigenvalue weighted by Gasteiger charge is 2.39. The van der Waals surface area contributed by atoms with Crippen LogP contribution < -0.4 is 9.64 Å². The lowest BCUT2D eigenvalue weighted by Gasteiger charge is -2.32. The zero-order valence-corrected chi connectivity index (χ0v) is 14.5. The molecule has 0 N–H and O–H groups in total. The molecule has 24 heavy (non-hydrogen) atoms. The first-order valence-corrected chi connectivity index (χ1v) is 8.54. The molecule has 3 aliphatic rings. The molecule has 5 heteroatoms. The summed E-state index contributed by atoms with van der Waals surface area (Å²) in [6.07, 6.45) is 2.08. The number of fused-ring (bicyclic) bond motifs is 5. The van der Waals surface area contributed by atoms with Crippen molar-refractivity contribution in [2.24, 2.45) is 5.92 Å². The van der Waals surface area contributed by atoms with E-state index in [4.69, 9.17) is 9.72 Å². The Labute approximate surface area is 142 Å². The topological polar surface area (TPSA) is 45.7 Å². The Morgan fingerprint density at radius 1 is 1.21 bits per heavy atom. The maximum atomic E-state index is 12.4. The number of anilines is 1. The van der Waals surface area contributed by atoms with Gasteiger partial charge in [0.05, 0.1) is 18.5 Å². The summed E-state index contributed by atoms with van der Waals surface area (Å²) < 4.78 is 5.33. The van der Waals surface area contributed by atoms with Crippen LogP contribution >= 0.6 is 0 Å². The lowest BCUT2D eigenvalue weighted by Crippen LogP contribution is -2.45. The largest absolute Gasteiger partial charge is 0.497 e. The molecule has 2 bridgehead atoms. The standard InChI is InChI=1S/C19H23N3O2/c1-12-8-18(20-17-9-15(24-3)6-7-16(12)17)22-10-13-4-5-14(11-22)21(2)19(13)23/h6-9,13-14H,4-5,10-11H2,1-3H3/t13-,14+/m1/s1. The highest BCUT2D eigenvalue weighted by molar-refractivity contribution is 5.86. The van der Waals surface area contributed by atoms with Crippen LogP contribution in [0.4, 0.5) is 5.82 Å². The summed E-state index contributed by atoms with van der Waals surface area (Å²) in [6, 6.07) is 8.44. The number of aromatic nitrogens is 1. The molecule has 3 saturated heterocycles. The minimum Gasteiger partial charge on any atom is -0.497 e.